The molecule has 1 aliphatic rings. The van der Waals surface area contributed by atoms with E-state index in [2.05, 4.69) is 10.6 Å². The van der Waals surface area contributed by atoms with Gasteiger partial charge in [0.1, 0.15) is 5.82 Å². The minimum Gasteiger partial charge on any atom is -0.423 e. The lowest BCUT2D eigenvalue weighted by Crippen LogP contribution is -2.43. The summed E-state index contributed by atoms with van der Waals surface area (Å²) >= 11 is 0. The lowest BCUT2D eigenvalue weighted by atomic mass is 10.2. The molecule has 0 aromatic heterocycles. The second-order valence-electron chi connectivity index (χ2n) is 4.53. The summed E-state index contributed by atoms with van der Waals surface area (Å²) in [6.45, 7) is 3.06. The molecule has 0 bridgehead atoms. The van der Waals surface area contributed by atoms with Crippen LogP contribution in [0.25, 0.3) is 0 Å². The van der Waals surface area contributed by atoms with Gasteiger partial charge in [-0.15, -0.1) is 0 Å². The fraction of sp³-hybridized carbons (Fsp3) is 0.385. The molecular formula is C13H16FN3O3. The van der Waals surface area contributed by atoms with Crippen LogP contribution in [-0.4, -0.2) is 31.3 Å². The van der Waals surface area contributed by atoms with E-state index in [1.54, 1.807) is 20.0 Å². The first kappa shape index (κ1) is 14.1. The van der Waals surface area contributed by atoms with E-state index >= 15 is 0 Å². The number of hydrogen-bond donors (Lipinski definition) is 2. The number of ether oxygens (including phenoxy) is 1. The van der Waals surface area contributed by atoms with Crippen molar-refractivity contribution in [1.82, 2.24) is 5.32 Å². The van der Waals surface area contributed by atoms with Gasteiger partial charge >= 0.3 is 6.09 Å². The minimum atomic E-state index is -0.743. The molecule has 108 valence electrons. The molecule has 1 saturated heterocycles. The zero-order valence-corrected chi connectivity index (χ0v) is 11.4. The topological polar surface area (TPSA) is 70.7 Å². The number of carbonyl (C=O) groups excluding carboxylic acids is 2. The van der Waals surface area contributed by atoms with Crippen LogP contribution in [0.1, 0.15) is 13.8 Å². The fourth-order valence-corrected chi connectivity index (χ4v) is 2.11. The zero-order chi connectivity index (χ0) is 14.9. The number of carbonyl (C=O) groups is 2. The Hall–Kier alpha value is -2.31. The predicted octanol–water partition coefficient (Wildman–Crippen LogP) is 1.67. The van der Waals surface area contributed by atoms with Crippen molar-refractivity contribution in [1.29, 1.82) is 0 Å². The monoisotopic (exact) mass is 281 g/mol. The number of nitrogens with one attached hydrogen (secondary N) is 2. The molecule has 1 unspecified atom stereocenters. The zero-order valence-electron chi connectivity index (χ0n) is 11.4. The van der Waals surface area contributed by atoms with Gasteiger partial charge < -0.3 is 15.4 Å². The highest BCUT2D eigenvalue weighted by Gasteiger charge is 2.40. The lowest BCUT2D eigenvalue weighted by molar-refractivity contribution is -0.121. The van der Waals surface area contributed by atoms with Crippen LogP contribution in [0.4, 0.5) is 20.6 Å². The largest absolute Gasteiger partial charge is 0.423 e. The van der Waals surface area contributed by atoms with Crippen LogP contribution in [0.15, 0.2) is 18.2 Å². The Labute approximate surface area is 115 Å². The van der Waals surface area contributed by atoms with Crippen molar-refractivity contribution >= 4 is 23.4 Å². The molecule has 1 fully saturated rings. The average molecular weight is 281 g/mol. The molecule has 2 N–H and O–H groups in total. The SMILES string of the molecule is CNc1ccc(N2C(=O)O[C@H](NC(C)=O)C2C)cc1F. The Morgan fingerprint density at radius 2 is 2.15 bits per heavy atom. The van der Waals surface area contributed by atoms with Crippen LogP contribution in [0.5, 0.6) is 0 Å². The maximum Gasteiger partial charge on any atom is 0.416 e. The summed E-state index contributed by atoms with van der Waals surface area (Å²) in [5.74, 6) is -0.763. The van der Waals surface area contributed by atoms with Crippen molar-refractivity contribution in [3.05, 3.63) is 24.0 Å². The van der Waals surface area contributed by atoms with Crippen molar-refractivity contribution in [2.24, 2.45) is 0 Å². The van der Waals surface area contributed by atoms with Crippen LogP contribution < -0.4 is 15.5 Å². The molecule has 0 aliphatic carbocycles. The molecule has 2 rings (SSSR count). The van der Waals surface area contributed by atoms with E-state index in [0.29, 0.717) is 11.4 Å². The number of benzene rings is 1. The molecule has 20 heavy (non-hydrogen) atoms. The number of nitrogens with zero attached hydrogens (tertiary/aromatic N) is 1. The molecule has 0 radical (unpaired) electrons. The molecular weight excluding hydrogens is 265 g/mol. The minimum absolute atomic E-state index is 0.298. The molecule has 0 saturated carbocycles. The number of hydrogen-bond acceptors (Lipinski definition) is 4. The van der Waals surface area contributed by atoms with Gasteiger partial charge in [0.2, 0.25) is 5.91 Å². The fourth-order valence-electron chi connectivity index (χ4n) is 2.11. The Morgan fingerprint density at radius 1 is 1.45 bits per heavy atom. The Bertz CT molecular complexity index is 550. The quantitative estimate of drug-likeness (QED) is 0.884. The third-order valence-corrected chi connectivity index (χ3v) is 3.12. The van der Waals surface area contributed by atoms with Crippen LogP contribution in [0.2, 0.25) is 0 Å². The normalized spacial score (nSPS) is 21.6. The van der Waals surface area contributed by atoms with Crippen LogP contribution in [0, 0.1) is 5.82 Å². The summed E-state index contributed by atoms with van der Waals surface area (Å²) in [5.41, 5.74) is 0.722. The third-order valence-electron chi connectivity index (χ3n) is 3.12. The van der Waals surface area contributed by atoms with Crippen molar-refractivity contribution in [2.75, 3.05) is 17.3 Å². The molecule has 6 nitrogen and oxygen atoms in total. The first-order valence-electron chi connectivity index (χ1n) is 6.18. The standard InChI is InChI=1S/C13H16FN3O3/c1-7-12(16-8(2)18)20-13(19)17(7)9-4-5-11(15-3)10(14)6-9/h4-7,12,15H,1-3H3,(H,16,18)/t7?,12-/m0/s1. The van der Waals surface area contributed by atoms with Gasteiger partial charge in [0.05, 0.1) is 17.4 Å². The lowest BCUT2D eigenvalue weighted by Gasteiger charge is -2.21. The molecule has 0 spiro atoms. The summed E-state index contributed by atoms with van der Waals surface area (Å²) in [5, 5.41) is 5.23. The van der Waals surface area contributed by atoms with Gasteiger partial charge in [0, 0.05) is 14.0 Å². The van der Waals surface area contributed by atoms with Gasteiger partial charge in [-0.3, -0.25) is 9.69 Å². The second kappa shape index (κ2) is 5.36. The number of rotatable bonds is 3. The Morgan fingerprint density at radius 3 is 2.70 bits per heavy atom. The summed E-state index contributed by atoms with van der Waals surface area (Å²) in [6.07, 6.45) is -1.36. The van der Waals surface area contributed by atoms with Gasteiger partial charge in [-0.2, -0.15) is 0 Å². The highest BCUT2D eigenvalue weighted by atomic mass is 19.1. The van der Waals surface area contributed by atoms with Crippen molar-refractivity contribution in [3.63, 3.8) is 0 Å². The van der Waals surface area contributed by atoms with Crippen molar-refractivity contribution < 1.29 is 18.7 Å². The van der Waals surface area contributed by atoms with E-state index in [1.165, 1.54) is 24.0 Å². The van der Waals surface area contributed by atoms with E-state index in [4.69, 9.17) is 4.74 Å². The molecule has 7 heteroatoms. The molecule has 1 aromatic rings. The Balaban J connectivity index is 2.26. The van der Waals surface area contributed by atoms with Gasteiger partial charge in [0.25, 0.3) is 0 Å². The van der Waals surface area contributed by atoms with E-state index in [1.807, 2.05) is 0 Å². The molecule has 1 heterocycles. The highest BCUT2D eigenvalue weighted by molar-refractivity contribution is 5.91. The van der Waals surface area contributed by atoms with E-state index in [0.717, 1.165) is 0 Å². The smallest absolute Gasteiger partial charge is 0.416 e. The highest BCUT2D eigenvalue weighted by Crippen LogP contribution is 2.28. The first-order chi connectivity index (χ1) is 9.43. The first-order valence-corrected chi connectivity index (χ1v) is 6.18. The number of halogens is 1. The maximum atomic E-state index is 13.8. The molecule has 1 aromatic carbocycles. The molecule has 1 aliphatic heterocycles. The van der Waals surface area contributed by atoms with Crippen LogP contribution in [-0.2, 0) is 9.53 Å². The van der Waals surface area contributed by atoms with Crippen molar-refractivity contribution in [3.8, 4) is 0 Å². The summed E-state index contributed by atoms with van der Waals surface area (Å²) in [4.78, 5) is 24.2. The van der Waals surface area contributed by atoms with Crippen LogP contribution in [0.3, 0.4) is 0 Å². The second-order valence-corrected chi connectivity index (χ2v) is 4.53. The average Bonchev–Trinajstić information content (AvgIpc) is 2.63. The number of anilines is 2. The van der Waals surface area contributed by atoms with E-state index in [-0.39, 0.29) is 5.91 Å². The van der Waals surface area contributed by atoms with Gasteiger partial charge in [-0.1, -0.05) is 0 Å². The maximum absolute atomic E-state index is 13.8. The number of cyclic esters (lactones) is 1. The van der Waals surface area contributed by atoms with Gasteiger partial charge in [-0.25, -0.2) is 9.18 Å². The van der Waals surface area contributed by atoms with E-state index < -0.39 is 24.2 Å². The summed E-state index contributed by atoms with van der Waals surface area (Å²) in [7, 11) is 1.61. The number of amides is 2. The van der Waals surface area contributed by atoms with E-state index in [9.17, 15) is 14.0 Å². The molecule has 2 atom stereocenters. The molecule has 2 amide bonds. The van der Waals surface area contributed by atoms with Crippen molar-refractivity contribution in [2.45, 2.75) is 26.1 Å². The predicted molar refractivity (Wildman–Crippen MR) is 72.0 cm³/mol. The third kappa shape index (κ3) is 2.52. The van der Waals surface area contributed by atoms with Gasteiger partial charge in [0.15, 0.2) is 6.23 Å². The van der Waals surface area contributed by atoms with Crippen LogP contribution >= 0.6 is 0 Å². The summed E-state index contributed by atoms with van der Waals surface area (Å²) < 4.78 is 18.8. The Kier molecular flexibility index (Phi) is 3.78. The van der Waals surface area contributed by atoms with Gasteiger partial charge in [-0.05, 0) is 25.1 Å². The summed E-state index contributed by atoms with van der Waals surface area (Å²) in [6, 6.07) is 3.98.